The molecule has 1 rings (SSSR count). The van der Waals surface area contributed by atoms with Crippen molar-refractivity contribution in [2.24, 2.45) is 0 Å². The van der Waals surface area contributed by atoms with Crippen LogP contribution in [0.1, 0.15) is 36.2 Å². The molecule has 0 spiro atoms. The number of benzene rings is 1. The second-order valence-electron chi connectivity index (χ2n) is 4.63. The Morgan fingerprint density at radius 3 is 2.61 bits per heavy atom. The maximum absolute atomic E-state index is 12.3. The van der Waals surface area contributed by atoms with Crippen LogP contribution in [0.5, 0.6) is 0 Å². The minimum atomic E-state index is -0.0413. The summed E-state index contributed by atoms with van der Waals surface area (Å²) in [4.78, 5) is 14.1. The van der Waals surface area contributed by atoms with Gasteiger partial charge in [-0.25, -0.2) is 0 Å². The Labute approximate surface area is 113 Å². The first-order valence-electron chi connectivity index (χ1n) is 6.15. The van der Waals surface area contributed by atoms with Crippen LogP contribution in [-0.4, -0.2) is 35.1 Å². The van der Waals surface area contributed by atoms with Gasteiger partial charge < -0.3 is 10.0 Å². The Hall–Kier alpha value is -1.06. The molecule has 0 saturated heterocycles. The lowest BCUT2D eigenvalue weighted by Crippen LogP contribution is -2.38. The van der Waals surface area contributed by atoms with Crippen LogP contribution in [0.25, 0.3) is 0 Å². The van der Waals surface area contributed by atoms with E-state index in [2.05, 4.69) is 0 Å². The van der Waals surface area contributed by atoms with Crippen molar-refractivity contribution in [3.05, 3.63) is 34.3 Å². The summed E-state index contributed by atoms with van der Waals surface area (Å²) in [6.07, 6.45) is 0.587. The summed E-state index contributed by atoms with van der Waals surface area (Å²) in [5, 5.41) is 9.47. The first-order chi connectivity index (χ1) is 8.47. The van der Waals surface area contributed by atoms with Gasteiger partial charge in [0.15, 0.2) is 0 Å². The topological polar surface area (TPSA) is 40.5 Å². The molecule has 4 heteroatoms. The van der Waals surface area contributed by atoms with Crippen LogP contribution in [-0.2, 0) is 0 Å². The van der Waals surface area contributed by atoms with E-state index < -0.39 is 0 Å². The number of hydrogen-bond donors (Lipinski definition) is 1. The highest BCUT2D eigenvalue weighted by atomic mass is 35.5. The molecule has 0 heterocycles. The van der Waals surface area contributed by atoms with Crippen molar-refractivity contribution in [3.8, 4) is 0 Å². The van der Waals surface area contributed by atoms with Gasteiger partial charge in [-0.3, -0.25) is 4.79 Å². The van der Waals surface area contributed by atoms with Gasteiger partial charge in [-0.05, 0) is 44.9 Å². The number of amides is 1. The zero-order valence-corrected chi connectivity index (χ0v) is 11.9. The fourth-order valence-electron chi connectivity index (χ4n) is 1.73. The normalized spacial score (nSPS) is 10.8. The number of halogens is 1. The van der Waals surface area contributed by atoms with Crippen molar-refractivity contribution in [3.63, 3.8) is 0 Å². The molecular weight excluding hydrogens is 250 g/mol. The smallest absolute Gasteiger partial charge is 0.254 e. The molecule has 0 aliphatic carbocycles. The Morgan fingerprint density at radius 1 is 1.44 bits per heavy atom. The Morgan fingerprint density at radius 2 is 2.11 bits per heavy atom. The molecule has 0 unspecified atom stereocenters. The van der Waals surface area contributed by atoms with Crippen LogP contribution >= 0.6 is 11.6 Å². The molecule has 0 aliphatic heterocycles. The number of carbonyl (C=O) groups excluding carboxylic acids is 1. The van der Waals surface area contributed by atoms with Crippen molar-refractivity contribution in [2.45, 2.75) is 33.2 Å². The molecular formula is C14H20ClNO2. The van der Waals surface area contributed by atoms with E-state index in [1.54, 1.807) is 17.0 Å². The average molecular weight is 270 g/mol. The van der Waals surface area contributed by atoms with Crippen LogP contribution in [0.4, 0.5) is 0 Å². The van der Waals surface area contributed by atoms with Gasteiger partial charge in [-0.15, -0.1) is 0 Å². The molecule has 1 aromatic carbocycles. The van der Waals surface area contributed by atoms with E-state index in [1.807, 2.05) is 26.8 Å². The lowest BCUT2D eigenvalue weighted by Gasteiger charge is -2.26. The molecule has 0 saturated carbocycles. The number of aliphatic hydroxyl groups excluding tert-OH is 1. The third kappa shape index (κ3) is 3.72. The number of carbonyl (C=O) groups is 1. The molecule has 0 aromatic heterocycles. The lowest BCUT2D eigenvalue weighted by molar-refractivity contribution is 0.0693. The predicted octanol–water partition coefficient (Wildman–Crippen LogP) is 2.88. The Bertz CT molecular complexity index is 418. The van der Waals surface area contributed by atoms with E-state index in [-0.39, 0.29) is 18.6 Å². The van der Waals surface area contributed by atoms with Gasteiger partial charge >= 0.3 is 0 Å². The lowest BCUT2D eigenvalue weighted by atomic mass is 10.1. The highest BCUT2D eigenvalue weighted by Gasteiger charge is 2.18. The van der Waals surface area contributed by atoms with E-state index in [0.29, 0.717) is 23.6 Å². The molecule has 0 bridgehead atoms. The summed E-state index contributed by atoms with van der Waals surface area (Å²) in [7, 11) is 0. The first kappa shape index (κ1) is 15.0. The third-order valence-corrected chi connectivity index (χ3v) is 3.27. The third-order valence-electron chi connectivity index (χ3n) is 2.86. The van der Waals surface area contributed by atoms with Gasteiger partial charge in [0.25, 0.3) is 5.91 Å². The van der Waals surface area contributed by atoms with Crippen molar-refractivity contribution in [1.29, 1.82) is 0 Å². The monoisotopic (exact) mass is 269 g/mol. The molecule has 1 aromatic rings. The van der Waals surface area contributed by atoms with Crippen molar-refractivity contribution in [1.82, 2.24) is 4.90 Å². The van der Waals surface area contributed by atoms with Crippen molar-refractivity contribution >= 4 is 17.5 Å². The Kier molecular flexibility index (Phi) is 5.63. The Balaban J connectivity index is 2.91. The van der Waals surface area contributed by atoms with Crippen LogP contribution in [0.2, 0.25) is 5.02 Å². The van der Waals surface area contributed by atoms with Crippen LogP contribution < -0.4 is 0 Å². The van der Waals surface area contributed by atoms with Crippen LogP contribution in [0.3, 0.4) is 0 Å². The minimum Gasteiger partial charge on any atom is -0.396 e. The molecule has 1 amide bonds. The van der Waals surface area contributed by atoms with Crippen LogP contribution in [0.15, 0.2) is 18.2 Å². The van der Waals surface area contributed by atoms with Gasteiger partial charge in [0.1, 0.15) is 0 Å². The second kappa shape index (κ2) is 6.76. The van der Waals surface area contributed by atoms with E-state index >= 15 is 0 Å². The number of rotatable bonds is 5. The van der Waals surface area contributed by atoms with Gasteiger partial charge in [-0.2, -0.15) is 0 Å². The molecule has 0 aliphatic rings. The summed E-state index contributed by atoms with van der Waals surface area (Å²) in [6.45, 7) is 6.47. The molecule has 3 nitrogen and oxygen atoms in total. The predicted molar refractivity (Wildman–Crippen MR) is 74.1 cm³/mol. The number of aliphatic hydroxyl groups is 1. The first-order valence-corrected chi connectivity index (χ1v) is 6.53. The van der Waals surface area contributed by atoms with Gasteiger partial charge in [0.05, 0.1) is 0 Å². The van der Waals surface area contributed by atoms with Gasteiger partial charge in [0.2, 0.25) is 0 Å². The maximum Gasteiger partial charge on any atom is 0.254 e. The second-order valence-corrected chi connectivity index (χ2v) is 5.04. The zero-order chi connectivity index (χ0) is 13.7. The average Bonchev–Trinajstić information content (AvgIpc) is 2.32. The van der Waals surface area contributed by atoms with E-state index in [9.17, 15) is 4.79 Å². The van der Waals surface area contributed by atoms with E-state index in [1.165, 1.54) is 0 Å². The molecule has 0 radical (unpaired) electrons. The van der Waals surface area contributed by atoms with Gasteiger partial charge in [-0.1, -0.05) is 17.7 Å². The largest absolute Gasteiger partial charge is 0.396 e. The van der Waals surface area contributed by atoms with E-state index in [0.717, 1.165) is 5.56 Å². The SMILES string of the molecule is Cc1ccc(C(=O)N(CCCO)C(C)C)cc1Cl. The molecule has 0 atom stereocenters. The minimum absolute atomic E-state index is 0.0413. The zero-order valence-electron chi connectivity index (χ0n) is 11.1. The molecule has 0 fully saturated rings. The summed E-state index contributed by atoms with van der Waals surface area (Å²) >= 11 is 6.04. The fourth-order valence-corrected chi connectivity index (χ4v) is 1.91. The van der Waals surface area contributed by atoms with Gasteiger partial charge in [0, 0.05) is 29.8 Å². The van der Waals surface area contributed by atoms with Crippen LogP contribution in [0, 0.1) is 6.92 Å². The summed E-state index contributed by atoms with van der Waals surface area (Å²) < 4.78 is 0. The molecule has 100 valence electrons. The molecule has 1 N–H and O–H groups in total. The fraction of sp³-hybridized carbons (Fsp3) is 0.500. The molecule has 18 heavy (non-hydrogen) atoms. The summed E-state index contributed by atoms with van der Waals surface area (Å²) in [5.41, 5.74) is 1.55. The van der Waals surface area contributed by atoms with E-state index in [4.69, 9.17) is 16.7 Å². The highest BCUT2D eigenvalue weighted by Crippen LogP contribution is 2.18. The summed E-state index contributed by atoms with van der Waals surface area (Å²) in [5.74, 6) is -0.0413. The highest BCUT2D eigenvalue weighted by molar-refractivity contribution is 6.31. The standard InChI is InChI=1S/C14H20ClNO2/c1-10(2)16(7-4-8-17)14(18)12-6-5-11(3)13(15)9-12/h5-6,9-10,17H,4,7-8H2,1-3H3. The maximum atomic E-state index is 12.3. The van der Waals surface area contributed by atoms with Crippen molar-refractivity contribution in [2.75, 3.05) is 13.2 Å². The number of nitrogens with zero attached hydrogens (tertiary/aromatic N) is 1. The number of hydrogen-bond acceptors (Lipinski definition) is 2. The quantitative estimate of drug-likeness (QED) is 0.893. The summed E-state index contributed by atoms with van der Waals surface area (Å²) in [6, 6.07) is 5.44. The number of aryl methyl sites for hydroxylation is 1. The van der Waals surface area contributed by atoms with Crippen molar-refractivity contribution < 1.29 is 9.90 Å².